The lowest BCUT2D eigenvalue weighted by molar-refractivity contribution is -0.140. The molecule has 1 amide bonds. The van der Waals surface area contributed by atoms with Crippen molar-refractivity contribution in [3.05, 3.63) is 72.6 Å². The summed E-state index contributed by atoms with van der Waals surface area (Å²) in [5.41, 5.74) is 1.09. The molecule has 1 fully saturated rings. The Morgan fingerprint density at radius 2 is 1.84 bits per heavy atom. The van der Waals surface area contributed by atoms with Gasteiger partial charge in [0.2, 0.25) is 5.78 Å². The Morgan fingerprint density at radius 1 is 1.16 bits per heavy atom. The lowest BCUT2D eigenvalue weighted by Gasteiger charge is -2.27. The molecule has 2 atom stereocenters. The quantitative estimate of drug-likeness (QED) is 0.254. The highest BCUT2D eigenvalue weighted by atomic mass is 16.5. The van der Waals surface area contributed by atoms with E-state index in [0.717, 1.165) is 12.1 Å². The Bertz CT molecular complexity index is 941. The van der Waals surface area contributed by atoms with Crippen LogP contribution in [-0.2, 0) is 9.59 Å². The molecule has 1 aromatic heterocycles. The predicted molar refractivity (Wildman–Crippen MR) is 117 cm³/mol. The van der Waals surface area contributed by atoms with E-state index in [1.165, 1.54) is 4.90 Å². The maximum Gasteiger partial charge on any atom is 0.291 e. The number of ether oxygens (including phenoxy) is 1. The zero-order valence-electron chi connectivity index (χ0n) is 17.9. The van der Waals surface area contributed by atoms with Crippen molar-refractivity contribution in [1.82, 2.24) is 14.8 Å². The third-order valence-electron chi connectivity index (χ3n) is 5.25. The maximum atomic E-state index is 13.4. The van der Waals surface area contributed by atoms with Crippen LogP contribution in [0.5, 0.6) is 5.75 Å². The summed E-state index contributed by atoms with van der Waals surface area (Å²) in [7, 11) is 3.90. The molecular formula is C24H27N3O4. The fourth-order valence-electron chi connectivity index (χ4n) is 3.77. The Labute approximate surface area is 182 Å². The standard InChI is InChI=1S/C24H27N3O4/c1-4-16-31-19-8-6-18(7-9-19)22(28)20-21(17-10-12-25-13-11-17)27(24(30)23(20)29)15-5-14-26(2)3/h4,6-13,20-21H,1,5,14-16H2,2-3H3. The fourth-order valence-corrected chi connectivity index (χ4v) is 3.77. The summed E-state index contributed by atoms with van der Waals surface area (Å²) in [4.78, 5) is 46.7. The van der Waals surface area contributed by atoms with Crippen LogP contribution >= 0.6 is 0 Å². The zero-order chi connectivity index (χ0) is 22.4. The van der Waals surface area contributed by atoms with Crippen LogP contribution in [-0.4, -0.2) is 66.0 Å². The van der Waals surface area contributed by atoms with Crippen molar-refractivity contribution in [2.75, 3.05) is 33.8 Å². The summed E-state index contributed by atoms with van der Waals surface area (Å²) in [6, 6.07) is 9.45. The number of likely N-dealkylation sites (tertiary alicyclic amines) is 1. The Morgan fingerprint density at radius 3 is 2.45 bits per heavy atom. The van der Waals surface area contributed by atoms with Gasteiger partial charge < -0.3 is 14.5 Å². The number of ketones is 2. The van der Waals surface area contributed by atoms with E-state index in [-0.39, 0.29) is 5.78 Å². The van der Waals surface area contributed by atoms with Crippen LogP contribution in [0, 0.1) is 5.92 Å². The molecule has 2 aromatic rings. The summed E-state index contributed by atoms with van der Waals surface area (Å²) < 4.78 is 5.46. The second-order valence-corrected chi connectivity index (χ2v) is 7.71. The summed E-state index contributed by atoms with van der Waals surface area (Å²) in [6.07, 6.45) is 5.54. The van der Waals surface area contributed by atoms with Gasteiger partial charge in [-0.15, -0.1) is 0 Å². The van der Waals surface area contributed by atoms with E-state index in [2.05, 4.69) is 11.6 Å². The van der Waals surface area contributed by atoms with Gasteiger partial charge in [0.15, 0.2) is 5.78 Å². The lowest BCUT2D eigenvalue weighted by Crippen LogP contribution is -2.33. The first-order chi connectivity index (χ1) is 14.9. The molecule has 0 radical (unpaired) electrons. The largest absolute Gasteiger partial charge is 0.490 e. The van der Waals surface area contributed by atoms with Gasteiger partial charge in [-0.3, -0.25) is 19.4 Å². The summed E-state index contributed by atoms with van der Waals surface area (Å²) >= 11 is 0. The summed E-state index contributed by atoms with van der Waals surface area (Å²) in [5.74, 6) is -2.13. The van der Waals surface area contributed by atoms with E-state index < -0.39 is 23.7 Å². The molecule has 31 heavy (non-hydrogen) atoms. The van der Waals surface area contributed by atoms with Crippen molar-refractivity contribution in [3.8, 4) is 5.75 Å². The SMILES string of the molecule is C=CCOc1ccc(C(=O)C2C(=O)C(=O)N(CCCN(C)C)C2c2ccncc2)cc1. The Hall–Kier alpha value is -3.32. The van der Waals surface area contributed by atoms with E-state index in [0.29, 0.717) is 30.9 Å². The number of carbonyl (C=O) groups is 3. The van der Waals surface area contributed by atoms with Crippen LogP contribution < -0.4 is 4.74 Å². The molecule has 1 aliphatic heterocycles. The topological polar surface area (TPSA) is 79.8 Å². The highest BCUT2D eigenvalue weighted by Crippen LogP contribution is 2.38. The minimum atomic E-state index is -1.09. The molecule has 3 rings (SSSR count). The average molecular weight is 421 g/mol. The minimum Gasteiger partial charge on any atom is -0.490 e. The van der Waals surface area contributed by atoms with Crippen LogP contribution in [0.15, 0.2) is 61.4 Å². The van der Waals surface area contributed by atoms with Crippen molar-refractivity contribution in [2.45, 2.75) is 12.5 Å². The van der Waals surface area contributed by atoms with Gasteiger partial charge in [-0.25, -0.2) is 0 Å². The van der Waals surface area contributed by atoms with E-state index in [1.807, 2.05) is 19.0 Å². The smallest absolute Gasteiger partial charge is 0.291 e. The number of nitrogens with zero attached hydrogens (tertiary/aromatic N) is 3. The number of benzene rings is 1. The van der Waals surface area contributed by atoms with Crippen molar-refractivity contribution in [2.24, 2.45) is 5.92 Å². The number of pyridine rings is 1. The molecule has 162 valence electrons. The molecule has 0 aliphatic carbocycles. The van der Waals surface area contributed by atoms with Gasteiger partial charge in [-0.05, 0) is 69.0 Å². The Balaban J connectivity index is 1.90. The maximum absolute atomic E-state index is 13.4. The van der Waals surface area contributed by atoms with E-state index in [1.54, 1.807) is 54.9 Å². The number of hydrogen-bond acceptors (Lipinski definition) is 6. The van der Waals surface area contributed by atoms with Crippen LogP contribution in [0.1, 0.15) is 28.4 Å². The zero-order valence-corrected chi connectivity index (χ0v) is 17.9. The van der Waals surface area contributed by atoms with Crippen molar-refractivity contribution >= 4 is 17.5 Å². The number of Topliss-reactive ketones (excluding diaryl/α,β-unsaturated/α-hetero) is 2. The number of aromatic nitrogens is 1. The number of hydrogen-bond donors (Lipinski definition) is 0. The van der Waals surface area contributed by atoms with Gasteiger partial charge in [0.05, 0.1) is 6.04 Å². The summed E-state index contributed by atoms with van der Waals surface area (Å²) in [5, 5.41) is 0. The molecule has 1 saturated heterocycles. The van der Waals surface area contributed by atoms with Gasteiger partial charge in [0, 0.05) is 24.5 Å². The number of amides is 1. The molecule has 1 aromatic carbocycles. The molecular weight excluding hydrogens is 394 g/mol. The van der Waals surface area contributed by atoms with Gasteiger partial charge in [-0.2, -0.15) is 0 Å². The first-order valence-electron chi connectivity index (χ1n) is 10.2. The van der Waals surface area contributed by atoms with Gasteiger partial charge in [-0.1, -0.05) is 12.7 Å². The third-order valence-corrected chi connectivity index (χ3v) is 5.25. The second kappa shape index (κ2) is 10.1. The van der Waals surface area contributed by atoms with Gasteiger partial charge in [0.1, 0.15) is 18.3 Å². The minimum absolute atomic E-state index is 0.356. The van der Waals surface area contributed by atoms with Crippen molar-refractivity contribution < 1.29 is 19.1 Å². The molecule has 0 N–H and O–H groups in total. The molecule has 0 spiro atoms. The monoisotopic (exact) mass is 421 g/mol. The Kier molecular flexibility index (Phi) is 7.31. The van der Waals surface area contributed by atoms with Crippen molar-refractivity contribution in [1.29, 1.82) is 0 Å². The van der Waals surface area contributed by atoms with Crippen LogP contribution in [0.2, 0.25) is 0 Å². The first kappa shape index (κ1) is 22.4. The average Bonchev–Trinajstić information content (AvgIpc) is 3.03. The molecule has 7 heteroatoms. The van der Waals surface area contributed by atoms with E-state index in [4.69, 9.17) is 4.74 Å². The van der Waals surface area contributed by atoms with Crippen LogP contribution in [0.3, 0.4) is 0 Å². The molecule has 2 unspecified atom stereocenters. The van der Waals surface area contributed by atoms with Crippen molar-refractivity contribution in [3.63, 3.8) is 0 Å². The molecule has 0 bridgehead atoms. The second-order valence-electron chi connectivity index (χ2n) is 7.71. The lowest BCUT2D eigenvalue weighted by atomic mass is 9.86. The first-order valence-corrected chi connectivity index (χ1v) is 10.2. The number of rotatable bonds is 10. The third kappa shape index (κ3) is 5.06. The molecule has 0 saturated carbocycles. The van der Waals surface area contributed by atoms with Gasteiger partial charge in [0.25, 0.3) is 5.91 Å². The normalized spacial score (nSPS) is 18.5. The van der Waals surface area contributed by atoms with Crippen LogP contribution in [0.4, 0.5) is 0 Å². The predicted octanol–water partition coefficient (Wildman–Crippen LogP) is 2.55. The molecule has 7 nitrogen and oxygen atoms in total. The fraction of sp³-hybridized carbons (Fsp3) is 0.333. The molecule has 1 aliphatic rings. The highest BCUT2D eigenvalue weighted by Gasteiger charge is 2.51. The van der Waals surface area contributed by atoms with Gasteiger partial charge >= 0.3 is 0 Å². The molecule has 2 heterocycles. The highest BCUT2D eigenvalue weighted by molar-refractivity contribution is 6.44. The van der Waals surface area contributed by atoms with E-state index in [9.17, 15) is 14.4 Å². The van der Waals surface area contributed by atoms with Crippen LogP contribution in [0.25, 0.3) is 0 Å². The number of carbonyl (C=O) groups excluding carboxylic acids is 3. The van der Waals surface area contributed by atoms with E-state index >= 15 is 0 Å². The summed E-state index contributed by atoms with van der Waals surface area (Å²) in [6.45, 7) is 5.13.